The van der Waals surface area contributed by atoms with Crippen LogP contribution in [0.2, 0.25) is 5.02 Å². The maximum Gasteiger partial charge on any atom is 0.188 e. The molecule has 0 bridgehead atoms. The van der Waals surface area contributed by atoms with Crippen molar-refractivity contribution in [1.82, 2.24) is 0 Å². The standard InChI is InChI=1S/C17H15ClO4/c1-20-10-22-15-5-3-2-4-12(15)14-9-21-16-7-6-11(18)8-13(16)17(14)19/h2-8,14H,9-10H2,1H3. The number of carbonyl (C=O) groups excluding carboxylic acids is 1. The predicted molar refractivity (Wildman–Crippen MR) is 83.0 cm³/mol. The average Bonchev–Trinajstić information content (AvgIpc) is 2.54. The smallest absolute Gasteiger partial charge is 0.188 e. The molecule has 0 amide bonds. The van der Waals surface area contributed by atoms with Crippen LogP contribution in [0.3, 0.4) is 0 Å². The number of hydrogen-bond donors (Lipinski definition) is 0. The van der Waals surface area contributed by atoms with Gasteiger partial charge in [0.1, 0.15) is 18.1 Å². The van der Waals surface area contributed by atoms with Crippen LogP contribution >= 0.6 is 11.6 Å². The molecule has 1 atom stereocenters. The highest BCUT2D eigenvalue weighted by atomic mass is 35.5. The molecule has 1 aliphatic heterocycles. The first-order valence-electron chi connectivity index (χ1n) is 6.88. The molecule has 4 nitrogen and oxygen atoms in total. The van der Waals surface area contributed by atoms with Gasteiger partial charge in [0.15, 0.2) is 12.6 Å². The summed E-state index contributed by atoms with van der Waals surface area (Å²) in [5.41, 5.74) is 1.29. The number of methoxy groups -OCH3 is 1. The van der Waals surface area contributed by atoms with Crippen LogP contribution in [0, 0.1) is 0 Å². The molecule has 0 spiro atoms. The van der Waals surface area contributed by atoms with E-state index in [2.05, 4.69) is 0 Å². The van der Waals surface area contributed by atoms with Gasteiger partial charge in [-0.2, -0.15) is 0 Å². The Morgan fingerprint density at radius 2 is 2.09 bits per heavy atom. The summed E-state index contributed by atoms with van der Waals surface area (Å²) in [4.78, 5) is 12.8. The Balaban J connectivity index is 1.95. The molecule has 1 heterocycles. The third-order valence-corrected chi connectivity index (χ3v) is 3.79. The van der Waals surface area contributed by atoms with Gasteiger partial charge in [-0.25, -0.2) is 0 Å². The molecule has 3 rings (SSSR count). The van der Waals surface area contributed by atoms with Crippen LogP contribution in [0.15, 0.2) is 42.5 Å². The lowest BCUT2D eigenvalue weighted by molar-refractivity contribution is 0.0495. The second-order valence-corrected chi connectivity index (χ2v) is 5.39. The van der Waals surface area contributed by atoms with Gasteiger partial charge < -0.3 is 14.2 Å². The summed E-state index contributed by atoms with van der Waals surface area (Å²) in [5, 5.41) is 0.514. The van der Waals surface area contributed by atoms with E-state index in [1.807, 2.05) is 24.3 Å². The molecule has 0 N–H and O–H groups in total. The Morgan fingerprint density at radius 1 is 1.27 bits per heavy atom. The van der Waals surface area contributed by atoms with E-state index >= 15 is 0 Å². The predicted octanol–water partition coefficient (Wildman–Crippen LogP) is 3.68. The molecule has 0 aliphatic carbocycles. The van der Waals surface area contributed by atoms with Crippen molar-refractivity contribution in [2.75, 3.05) is 20.5 Å². The summed E-state index contributed by atoms with van der Waals surface area (Å²) in [6.07, 6.45) is 0. The van der Waals surface area contributed by atoms with E-state index in [0.717, 1.165) is 5.56 Å². The third kappa shape index (κ3) is 2.80. The van der Waals surface area contributed by atoms with Crippen LogP contribution in [0.25, 0.3) is 0 Å². The molecule has 0 aromatic heterocycles. The second kappa shape index (κ2) is 6.38. The van der Waals surface area contributed by atoms with Crippen molar-refractivity contribution in [3.05, 3.63) is 58.6 Å². The van der Waals surface area contributed by atoms with Crippen LogP contribution in [0.5, 0.6) is 11.5 Å². The summed E-state index contributed by atoms with van der Waals surface area (Å²) in [5.74, 6) is 0.758. The van der Waals surface area contributed by atoms with Gasteiger partial charge in [0.25, 0.3) is 0 Å². The molecule has 114 valence electrons. The van der Waals surface area contributed by atoms with Crippen LogP contribution in [0.1, 0.15) is 21.8 Å². The fraction of sp³-hybridized carbons (Fsp3) is 0.235. The molecule has 0 fully saturated rings. The topological polar surface area (TPSA) is 44.8 Å². The van der Waals surface area contributed by atoms with Crippen molar-refractivity contribution in [3.8, 4) is 11.5 Å². The quantitative estimate of drug-likeness (QED) is 0.807. The molecular formula is C17H15ClO4. The van der Waals surface area contributed by atoms with Gasteiger partial charge in [0.2, 0.25) is 0 Å². The van der Waals surface area contributed by atoms with Gasteiger partial charge in [-0.15, -0.1) is 0 Å². The Hall–Kier alpha value is -2.04. The van der Waals surface area contributed by atoms with E-state index in [-0.39, 0.29) is 19.2 Å². The summed E-state index contributed by atoms with van der Waals surface area (Å²) >= 11 is 5.99. The zero-order valence-corrected chi connectivity index (χ0v) is 12.8. The van der Waals surface area contributed by atoms with E-state index in [9.17, 15) is 4.79 Å². The van der Waals surface area contributed by atoms with E-state index in [1.165, 1.54) is 0 Å². The highest BCUT2D eigenvalue weighted by Gasteiger charge is 2.32. The number of halogens is 1. The van der Waals surface area contributed by atoms with Gasteiger partial charge in [0.05, 0.1) is 11.5 Å². The van der Waals surface area contributed by atoms with Crippen molar-refractivity contribution < 1.29 is 19.0 Å². The average molecular weight is 319 g/mol. The number of carbonyl (C=O) groups is 1. The number of fused-ring (bicyclic) bond motifs is 1. The Bertz CT molecular complexity index is 699. The number of ketones is 1. The molecular weight excluding hydrogens is 304 g/mol. The summed E-state index contributed by atoms with van der Waals surface area (Å²) in [6, 6.07) is 12.5. The molecule has 22 heavy (non-hydrogen) atoms. The van der Waals surface area contributed by atoms with E-state index in [0.29, 0.717) is 22.1 Å². The lowest BCUT2D eigenvalue weighted by Gasteiger charge is -2.25. The normalized spacial score (nSPS) is 16.8. The number of para-hydroxylation sites is 1. The van der Waals surface area contributed by atoms with Crippen molar-refractivity contribution in [3.63, 3.8) is 0 Å². The molecule has 1 aliphatic rings. The van der Waals surface area contributed by atoms with Crippen molar-refractivity contribution >= 4 is 17.4 Å². The summed E-state index contributed by atoms with van der Waals surface area (Å²) < 4.78 is 16.2. The highest BCUT2D eigenvalue weighted by Crippen LogP contribution is 2.37. The third-order valence-electron chi connectivity index (χ3n) is 3.56. The van der Waals surface area contributed by atoms with Crippen LogP contribution in [-0.4, -0.2) is 26.3 Å². The van der Waals surface area contributed by atoms with Crippen LogP contribution in [0.4, 0.5) is 0 Å². The summed E-state index contributed by atoms with van der Waals surface area (Å²) in [6.45, 7) is 0.405. The van der Waals surface area contributed by atoms with Gasteiger partial charge in [-0.3, -0.25) is 4.79 Å². The Labute approximate surface area is 133 Å². The molecule has 5 heteroatoms. The first kappa shape index (κ1) is 14.9. The van der Waals surface area contributed by atoms with Gasteiger partial charge >= 0.3 is 0 Å². The van der Waals surface area contributed by atoms with E-state index in [1.54, 1.807) is 25.3 Å². The monoisotopic (exact) mass is 318 g/mol. The van der Waals surface area contributed by atoms with Crippen LogP contribution in [-0.2, 0) is 4.74 Å². The molecule has 2 aromatic rings. The van der Waals surface area contributed by atoms with E-state index < -0.39 is 5.92 Å². The zero-order valence-electron chi connectivity index (χ0n) is 12.0. The Kier molecular flexibility index (Phi) is 4.32. The molecule has 0 saturated heterocycles. The maximum atomic E-state index is 12.8. The lowest BCUT2D eigenvalue weighted by Crippen LogP contribution is -2.26. The van der Waals surface area contributed by atoms with Gasteiger partial charge in [-0.05, 0) is 24.3 Å². The molecule has 2 aromatic carbocycles. The molecule has 1 unspecified atom stereocenters. The van der Waals surface area contributed by atoms with Crippen molar-refractivity contribution in [1.29, 1.82) is 0 Å². The Morgan fingerprint density at radius 3 is 2.91 bits per heavy atom. The minimum Gasteiger partial charge on any atom is -0.492 e. The molecule has 0 saturated carbocycles. The zero-order chi connectivity index (χ0) is 15.5. The fourth-order valence-corrected chi connectivity index (χ4v) is 2.68. The van der Waals surface area contributed by atoms with Gasteiger partial charge in [0, 0.05) is 17.7 Å². The van der Waals surface area contributed by atoms with E-state index in [4.69, 9.17) is 25.8 Å². The first-order valence-corrected chi connectivity index (χ1v) is 7.25. The number of Topliss-reactive ketones (excluding diaryl/α,β-unsaturated/α-hetero) is 1. The first-order chi connectivity index (χ1) is 10.7. The van der Waals surface area contributed by atoms with Crippen molar-refractivity contribution in [2.45, 2.75) is 5.92 Å². The number of rotatable bonds is 4. The maximum absolute atomic E-state index is 12.8. The SMILES string of the molecule is COCOc1ccccc1C1COc2ccc(Cl)cc2C1=O. The van der Waals surface area contributed by atoms with Gasteiger partial charge in [-0.1, -0.05) is 29.8 Å². The van der Waals surface area contributed by atoms with Crippen molar-refractivity contribution in [2.24, 2.45) is 0 Å². The largest absolute Gasteiger partial charge is 0.492 e. The minimum atomic E-state index is -0.418. The number of ether oxygens (including phenoxy) is 3. The minimum absolute atomic E-state index is 0.0165. The summed E-state index contributed by atoms with van der Waals surface area (Å²) in [7, 11) is 1.55. The fourth-order valence-electron chi connectivity index (χ4n) is 2.51. The number of benzene rings is 2. The lowest BCUT2D eigenvalue weighted by atomic mass is 9.88. The second-order valence-electron chi connectivity index (χ2n) is 4.96. The number of hydrogen-bond acceptors (Lipinski definition) is 4. The molecule has 0 radical (unpaired) electrons. The highest BCUT2D eigenvalue weighted by molar-refractivity contribution is 6.31. The van der Waals surface area contributed by atoms with Crippen LogP contribution < -0.4 is 9.47 Å².